The number of hydrogen-bond acceptors (Lipinski definition) is 20. The number of nitrogens with zero attached hydrogens (tertiary/aromatic N) is 5. The van der Waals surface area contributed by atoms with E-state index in [1.165, 1.54) is 4.90 Å². The molecule has 32 heteroatoms. The Morgan fingerprint density at radius 1 is 0.580 bits per heavy atom. The molecule has 4 aliphatic rings. The average Bonchev–Trinajstić information content (AvgIpc) is 4.11. The number of hydrogen-bond donors (Lipinski definition) is 12. The number of piperidine rings is 1. The largest absolute Gasteiger partial charge is 0.481 e. The fraction of sp³-hybridized carbons (Fsp3) is 0.755. The predicted molar refractivity (Wildman–Crippen MR) is 281 cm³/mol. The van der Waals surface area contributed by atoms with Gasteiger partial charge in [0.05, 0.1) is 91.2 Å². The Bertz CT molecular complexity index is 2130. The third-order valence-corrected chi connectivity index (χ3v) is 13.7. The molecule has 0 radical (unpaired) electrons. The van der Waals surface area contributed by atoms with Gasteiger partial charge in [0, 0.05) is 84.0 Å². The molecule has 0 aliphatic carbocycles. The number of carboxylic acids is 4. The Hall–Kier alpha value is -6.68. The van der Waals surface area contributed by atoms with Crippen molar-refractivity contribution in [2.75, 3.05) is 158 Å². The molecule has 81 heavy (non-hydrogen) atoms. The van der Waals surface area contributed by atoms with Gasteiger partial charge in [-0.1, -0.05) is 0 Å². The summed E-state index contributed by atoms with van der Waals surface area (Å²) in [6.45, 7) is 3.50. The average molecular weight is 1160 g/mol. The van der Waals surface area contributed by atoms with Crippen LogP contribution < -0.4 is 37.2 Å². The number of carboxylic acid groups (broad SMARTS) is 4. The van der Waals surface area contributed by atoms with E-state index in [1.807, 2.05) is 4.90 Å². The van der Waals surface area contributed by atoms with Crippen LogP contribution in [0.4, 0.5) is 0 Å². The second-order valence-electron chi connectivity index (χ2n) is 20.0. The molecule has 0 spiro atoms. The van der Waals surface area contributed by atoms with Gasteiger partial charge in [-0.05, 0) is 39.0 Å². The molecule has 0 aromatic carbocycles. The van der Waals surface area contributed by atoms with Crippen molar-refractivity contribution in [2.45, 2.75) is 75.7 Å². The van der Waals surface area contributed by atoms with Gasteiger partial charge in [0.1, 0.15) is 30.8 Å². The second-order valence-corrected chi connectivity index (χ2v) is 20.0. The van der Waals surface area contributed by atoms with Crippen LogP contribution in [0.1, 0.15) is 45.4 Å². The van der Waals surface area contributed by atoms with E-state index in [1.54, 1.807) is 21.6 Å². The fourth-order valence-corrected chi connectivity index (χ4v) is 9.65. The molecule has 0 saturated carbocycles. The molecular formula is C49H81N13O19. The molecule has 0 aromatic heterocycles. The number of nitrogens with one attached hydrogen (secondary N) is 8. The van der Waals surface area contributed by atoms with E-state index in [4.69, 9.17) is 24.4 Å². The maximum Gasteiger partial charge on any atom is 0.317 e. The van der Waals surface area contributed by atoms with E-state index < -0.39 is 108 Å². The van der Waals surface area contributed by atoms with Crippen LogP contribution in [0.25, 0.3) is 0 Å². The van der Waals surface area contributed by atoms with E-state index in [-0.39, 0.29) is 162 Å². The molecule has 12 N–H and O–H groups in total. The van der Waals surface area contributed by atoms with Gasteiger partial charge in [0.25, 0.3) is 0 Å². The molecule has 6 atom stereocenters. The lowest BCUT2D eigenvalue weighted by molar-refractivity contribution is -0.149. The molecule has 32 nitrogen and oxygen atoms in total. The van der Waals surface area contributed by atoms with Crippen LogP contribution in [0, 0.1) is 11.3 Å². The summed E-state index contributed by atoms with van der Waals surface area (Å²) in [5.41, 5.74) is 0. The summed E-state index contributed by atoms with van der Waals surface area (Å²) in [4.78, 5) is 148. The Morgan fingerprint density at radius 3 is 1.64 bits per heavy atom. The lowest BCUT2D eigenvalue weighted by Crippen LogP contribution is -2.65. The highest BCUT2D eigenvalue weighted by atomic mass is 16.6. The first-order chi connectivity index (χ1) is 38.7. The van der Waals surface area contributed by atoms with Gasteiger partial charge < -0.3 is 81.5 Å². The lowest BCUT2D eigenvalue weighted by Gasteiger charge is -2.42. The fourth-order valence-electron chi connectivity index (χ4n) is 9.65. The van der Waals surface area contributed by atoms with Crippen LogP contribution >= 0.6 is 0 Å². The molecule has 4 heterocycles. The molecule has 0 aromatic rings. The molecule has 4 rings (SSSR count). The summed E-state index contributed by atoms with van der Waals surface area (Å²) < 4.78 is 22.0. The minimum absolute atomic E-state index is 0.0318. The van der Waals surface area contributed by atoms with Crippen LogP contribution in [-0.4, -0.2) is 304 Å². The molecule has 4 saturated heterocycles. The number of amidine groups is 1. The summed E-state index contributed by atoms with van der Waals surface area (Å²) in [5, 5.41) is 63.8. The zero-order valence-electron chi connectivity index (χ0n) is 45.8. The summed E-state index contributed by atoms with van der Waals surface area (Å²) >= 11 is 0. The van der Waals surface area contributed by atoms with Gasteiger partial charge in [-0.2, -0.15) is 0 Å². The van der Waals surface area contributed by atoms with E-state index in [2.05, 4.69) is 37.2 Å². The number of ether oxygens (including phenoxy) is 4. The molecule has 4 aliphatic heterocycles. The van der Waals surface area contributed by atoms with Crippen molar-refractivity contribution in [1.29, 1.82) is 5.41 Å². The summed E-state index contributed by atoms with van der Waals surface area (Å²) in [6, 6.07) is -5.59. The first-order valence-corrected chi connectivity index (χ1v) is 27.1. The Morgan fingerprint density at radius 2 is 1.11 bits per heavy atom. The molecule has 456 valence electrons. The Kier molecular flexibility index (Phi) is 29.6. The summed E-state index contributed by atoms with van der Waals surface area (Å²) in [6.07, 6.45) is 0.491. The van der Waals surface area contributed by atoms with Crippen LogP contribution in [0.5, 0.6) is 0 Å². The quantitative estimate of drug-likeness (QED) is 0.0181. The zero-order valence-corrected chi connectivity index (χ0v) is 45.8. The lowest BCUT2D eigenvalue weighted by atomic mass is 9.85. The minimum Gasteiger partial charge on any atom is -0.481 e. The van der Waals surface area contributed by atoms with Gasteiger partial charge in [0.2, 0.25) is 41.4 Å². The number of carbonyl (C=O) groups excluding carboxylic acids is 7. The highest BCUT2D eigenvalue weighted by Gasteiger charge is 2.51. The first kappa shape index (κ1) is 66.8. The van der Waals surface area contributed by atoms with Crippen molar-refractivity contribution in [1.82, 2.24) is 61.7 Å². The van der Waals surface area contributed by atoms with E-state index in [0.717, 1.165) is 0 Å². The van der Waals surface area contributed by atoms with Gasteiger partial charge in [0.15, 0.2) is 0 Å². The van der Waals surface area contributed by atoms with Gasteiger partial charge in [-0.15, -0.1) is 0 Å². The molecule has 4 fully saturated rings. The maximum absolute atomic E-state index is 14.3. The van der Waals surface area contributed by atoms with Crippen LogP contribution in [0.2, 0.25) is 0 Å². The van der Waals surface area contributed by atoms with E-state index in [0.29, 0.717) is 32.5 Å². The SMILES string of the molecule is CC(=N)NCCC[C@@H]1NC(=O)[C@@H]2CC[C@H]3C[C@@H](CNC(=O)COCCOCCOCCOCCNC(=O)CN4CCN(CC(=O)O)CCN(CC(=O)O)CCN(CC(=O)O)CC4)[C@@H](NC(=O)[C@H](CC(=O)O)NC(=O)CNC1=O)C(=O)N32. The maximum atomic E-state index is 14.3. The van der Waals surface area contributed by atoms with Crippen LogP contribution in [0.15, 0.2) is 0 Å². The smallest absolute Gasteiger partial charge is 0.317 e. The monoisotopic (exact) mass is 1160 g/mol. The number of amides is 7. The predicted octanol–water partition coefficient (Wildman–Crippen LogP) is -6.43. The normalized spacial score (nSPS) is 23.2. The van der Waals surface area contributed by atoms with Crippen LogP contribution in [0.3, 0.4) is 0 Å². The number of aliphatic carboxylic acids is 4. The van der Waals surface area contributed by atoms with Gasteiger partial charge in [-0.3, -0.25) is 77.7 Å². The molecule has 7 amide bonds. The number of rotatable bonds is 30. The topological polar surface area (TPSA) is 430 Å². The van der Waals surface area contributed by atoms with Crippen molar-refractivity contribution in [3.63, 3.8) is 0 Å². The number of carbonyl (C=O) groups is 11. The standard InChI is InChI=1S/C49H81N13O19/c1-32(50)51-6-2-3-35-46(74)54-26-38(63)55-36(24-41(66)67)47(75)57-45-33(23-34-4-5-37(48(76)56-35)62(34)49(45)77)25-53-40(65)31-81-22-21-80-20-19-79-18-17-78-16-7-52-39(64)27-58-8-10-59(28-42(68)69)12-14-61(30-44(72)73)15-13-60(11-9-58)29-43(70)71/h33-37,45H,2-31H2,1H3,(H2,50,51)(H,52,64)(H,53,65)(H,54,74)(H,55,63)(H,56,76)(H,57,75)(H,66,67)(H,68,69)(H,70,71)(H,72,73)/t33-,34-,35-,36-,37-,45+/m0/s1. The highest BCUT2D eigenvalue weighted by Crippen LogP contribution is 2.35. The van der Waals surface area contributed by atoms with Crippen molar-refractivity contribution >= 4 is 71.1 Å². The van der Waals surface area contributed by atoms with Gasteiger partial charge in [-0.25, -0.2) is 0 Å². The first-order valence-electron chi connectivity index (χ1n) is 27.1. The number of fused-ring (bicyclic) bond motifs is 1. The highest BCUT2D eigenvalue weighted by molar-refractivity contribution is 5.99. The Labute approximate surface area is 468 Å². The third kappa shape index (κ3) is 25.8. The Balaban J connectivity index is 1.14. The van der Waals surface area contributed by atoms with Crippen LogP contribution in [-0.2, 0) is 71.7 Å². The van der Waals surface area contributed by atoms with Crippen molar-refractivity contribution < 1.29 is 92.1 Å². The molecule has 2 bridgehead atoms. The zero-order chi connectivity index (χ0) is 59.3. The van der Waals surface area contributed by atoms with Gasteiger partial charge >= 0.3 is 23.9 Å². The van der Waals surface area contributed by atoms with E-state index >= 15 is 0 Å². The summed E-state index contributed by atoms with van der Waals surface area (Å²) in [7, 11) is 0. The third-order valence-electron chi connectivity index (χ3n) is 13.7. The van der Waals surface area contributed by atoms with Crippen molar-refractivity contribution in [3.05, 3.63) is 0 Å². The molecular weight excluding hydrogens is 1070 g/mol. The second kappa shape index (κ2) is 35.9. The van der Waals surface area contributed by atoms with Crippen molar-refractivity contribution in [3.8, 4) is 0 Å². The minimum atomic E-state index is -1.65. The summed E-state index contributed by atoms with van der Waals surface area (Å²) in [5.74, 6) is -9.81. The van der Waals surface area contributed by atoms with E-state index in [9.17, 15) is 73.2 Å². The molecule has 0 unspecified atom stereocenters. The van der Waals surface area contributed by atoms with Crippen molar-refractivity contribution in [2.24, 2.45) is 5.92 Å².